The molecular formula is C15H25N3. The third-order valence-electron chi connectivity index (χ3n) is 3.75. The molecule has 0 saturated heterocycles. The molecule has 0 aliphatic carbocycles. The molecule has 1 aromatic rings. The van der Waals surface area contributed by atoms with E-state index in [-0.39, 0.29) is 0 Å². The van der Waals surface area contributed by atoms with Gasteiger partial charge in [0.15, 0.2) is 0 Å². The van der Waals surface area contributed by atoms with Gasteiger partial charge < -0.3 is 15.5 Å². The molecule has 3 nitrogen and oxygen atoms in total. The van der Waals surface area contributed by atoms with Crippen LogP contribution in [0.3, 0.4) is 0 Å². The van der Waals surface area contributed by atoms with Crippen molar-refractivity contribution in [3.63, 3.8) is 0 Å². The van der Waals surface area contributed by atoms with Gasteiger partial charge in [-0.05, 0) is 43.5 Å². The molecule has 3 heteroatoms. The van der Waals surface area contributed by atoms with Gasteiger partial charge >= 0.3 is 0 Å². The monoisotopic (exact) mass is 247 g/mol. The van der Waals surface area contributed by atoms with E-state index in [1.807, 2.05) is 0 Å². The van der Waals surface area contributed by atoms with Gasteiger partial charge in [0.05, 0.1) is 11.4 Å². The molecule has 18 heavy (non-hydrogen) atoms. The van der Waals surface area contributed by atoms with Crippen molar-refractivity contribution in [3.8, 4) is 0 Å². The molecule has 1 heterocycles. The van der Waals surface area contributed by atoms with Gasteiger partial charge in [0.25, 0.3) is 0 Å². The molecular weight excluding hydrogens is 222 g/mol. The summed E-state index contributed by atoms with van der Waals surface area (Å²) in [7, 11) is 2.20. The quantitative estimate of drug-likeness (QED) is 0.885. The maximum Gasteiger partial charge on any atom is 0.0604 e. The van der Waals surface area contributed by atoms with E-state index in [1.165, 1.54) is 23.4 Å². The van der Waals surface area contributed by atoms with Crippen molar-refractivity contribution in [2.45, 2.75) is 26.2 Å². The first-order valence-corrected chi connectivity index (χ1v) is 7.05. The van der Waals surface area contributed by atoms with Crippen LogP contribution < -0.4 is 15.5 Å². The Bertz CT molecular complexity index is 389. The average molecular weight is 247 g/mol. The number of hydrogen-bond donors (Lipinski definition) is 1. The highest BCUT2D eigenvalue weighted by atomic mass is 15.2. The van der Waals surface area contributed by atoms with E-state index in [2.05, 4.69) is 42.0 Å². The van der Waals surface area contributed by atoms with Gasteiger partial charge in [-0.3, -0.25) is 0 Å². The zero-order valence-electron chi connectivity index (χ0n) is 11.7. The minimum absolute atomic E-state index is 0.773. The number of fused-ring (bicyclic) bond motifs is 1. The van der Waals surface area contributed by atoms with Gasteiger partial charge in [-0.25, -0.2) is 0 Å². The molecule has 1 aliphatic heterocycles. The zero-order valence-corrected chi connectivity index (χ0v) is 11.7. The van der Waals surface area contributed by atoms with Gasteiger partial charge in [-0.2, -0.15) is 0 Å². The first-order valence-electron chi connectivity index (χ1n) is 7.05. The van der Waals surface area contributed by atoms with Crippen LogP contribution in [0.2, 0.25) is 0 Å². The van der Waals surface area contributed by atoms with Crippen molar-refractivity contribution >= 4 is 11.4 Å². The Labute approximate surface area is 111 Å². The van der Waals surface area contributed by atoms with Crippen LogP contribution in [0, 0.1) is 0 Å². The SMILES string of the molecule is CCc1ccc2c(c1)N(C)CCCN2CCCN. The van der Waals surface area contributed by atoms with Crippen molar-refractivity contribution in [2.24, 2.45) is 5.73 Å². The van der Waals surface area contributed by atoms with E-state index < -0.39 is 0 Å². The molecule has 0 amide bonds. The minimum Gasteiger partial charge on any atom is -0.373 e. The summed E-state index contributed by atoms with van der Waals surface area (Å²) in [5, 5.41) is 0. The number of aryl methyl sites for hydroxylation is 1. The van der Waals surface area contributed by atoms with Gasteiger partial charge in [0.2, 0.25) is 0 Å². The number of anilines is 2. The van der Waals surface area contributed by atoms with Crippen LogP contribution >= 0.6 is 0 Å². The first-order chi connectivity index (χ1) is 8.76. The fraction of sp³-hybridized carbons (Fsp3) is 0.600. The summed E-state index contributed by atoms with van der Waals surface area (Å²) in [6, 6.07) is 6.88. The summed E-state index contributed by atoms with van der Waals surface area (Å²) in [6.45, 7) is 6.34. The highest BCUT2D eigenvalue weighted by Crippen LogP contribution is 2.32. The number of benzene rings is 1. The summed E-state index contributed by atoms with van der Waals surface area (Å²) in [4.78, 5) is 4.88. The zero-order chi connectivity index (χ0) is 13.0. The Morgan fingerprint density at radius 1 is 1.22 bits per heavy atom. The molecule has 100 valence electrons. The molecule has 0 atom stereocenters. The number of hydrogen-bond acceptors (Lipinski definition) is 3. The lowest BCUT2D eigenvalue weighted by molar-refractivity contribution is 0.710. The summed E-state index contributed by atoms with van der Waals surface area (Å²) >= 11 is 0. The predicted molar refractivity (Wildman–Crippen MR) is 79.6 cm³/mol. The molecule has 0 aromatic heterocycles. The standard InChI is InChI=1S/C15H25N3/c1-3-13-6-7-14-15(12-13)17(2)9-5-11-18(14)10-4-8-16/h6-7,12H,3-5,8-11,16H2,1-2H3. The molecule has 1 aliphatic rings. The molecule has 1 aromatic carbocycles. The van der Waals surface area contributed by atoms with Crippen molar-refractivity contribution in [1.29, 1.82) is 0 Å². The van der Waals surface area contributed by atoms with Crippen molar-refractivity contribution in [2.75, 3.05) is 43.0 Å². The highest BCUT2D eigenvalue weighted by molar-refractivity contribution is 5.72. The van der Waals surface area contributed by atoms with Crippen LogP contribution in [-0.4, -0.2) is 33.2 Å². The third kappa shape index (κ3) is 2.78. The lowest BCUT2D eigenvalue weighted by Crippen LogP contribution is -2.26. The molecule has 0 saturated carbocycles. The Hall–Kier alpha value is -1.22. The van der Waals surface area contributed by atoms with Crippen LogP contribution in [0.4, 0.5) is 11.4 Å². The number of nitrogens with zero attached hydrogens (tertiary/aromatic N) is 2. The number of rotatable bonds is 4. The predicted octanol–water partition coefficient (Wildman–Crippen LogP) is 2.24. The van der Waals surface area contributed by atoms with Crippen LogP contribution in [0.5, 0.6) is 0 Å². The van der Waals surface area contributed by atoms with E-state index in [0.29, 0.717) is 0 Å². The minimum atomic E-state index is 0.773. The molecule has 0 fully saturated rings. The van der Waals surface area contributed by atoms with E-state index in [4.69, 9.17) is 5.73 Å². The van der Waals surface area contributed by atoms with Gasteiger partial charge in [-0.15, -0.1) is 0 Å². The van der Waals surface area contributed by atoms with Crippen molar-refractivity contribution < 1.29 is 0 Å². The van der Waals surface area contributed by atoms with Crippen LogP contribution in [0.15, 0.2) is 18.2 Å². The maximum atomic E-state index is 5.64. The Balaban J connectivity index is 2.30. The highest BCUT2D eigenvalue weighted by Gasteiger charge is 2.18. The van der Waals surface area contributed by atoms with Crippen molar-refractivity contribution in [3.05, 3.63) is 23.8 Å². The van der Waals surface area contributed by atoms with E-state index >= 15 is 0 Å². The van der Waals surface area contributed by atoms with Gasteiger partial charge in [0, 0.05) is 26.7 Å². The lowest BCUT2D eigenvalue weighted by atomic mass is 10.1. The third-order valence-corrected chi connectivity index (χ3v) is 3.75. The van der Waals surface area contributed by atoms with Crippen LogP contribution in [-0.2, 0) is 6.42 Å². The van der Waals surface area contributed by atoms with Gasteiger partial charge in [-0.1, -0.05) is 13.0 Å². The molecule has 2 rings (SSSR count). The molecule has 0 unspecified atom stereocenters. The number of nitrogens with two attached hydrogens (primary N) is 1. The summed E-state index contributed by atoms with van der Waals surface area (Å²) < 4.78 is 0. The second kappa shape index (κ2) is 6.10. The molecule has 0 radical (unpaired) electrons. The summed E-state index contributed by atoms with van der Waals surface area (Å²) in [6.07, 6.45) is 3.39. The second-order valence-electron chi connectivity index (χ2n) is 5.08. The average Bonchev–Trinajstić information content (AvgIpc) is 2.56. The molecule has 2 N–H and O–H groups in total. The first kappa shape index (κ1) is 13.2. The largest absolute Gasteiger partial charge is 0.373 e. The fourth-order valence-electron chi connectivity index (χ4n) is 2.62. The maximum absolute atomic E-state index is 5.64. The molecule has 0 spiro atoms. The topological polar surface area (TPSA) is 32.5 Å². The van der Waals surface area contributed by atoms with Crippen LogP contribution in [0.25, 0.3) is 0 Å². The van der Waals surface area contributed by atoms with E-state index in [9.17, 15) is 0 Å². The van der Waals surface area contributed by atoms with Gasteiger partial charge in [0.1, 0.15) is 0 Å². The lowest BCUT2D eigenvalue weighted by Gasteiger charge is -2.26. The van der Waals surface area contributed by atoms with Crippen LogP contribution in [0.1, 0.15) is 25.3 Å². The smallest absolute Gasteiger partial charge is 0.0604 e. The normalized spacial score (nSPS) is 15.5. The Morgan fingerprint density at radius 3 is 2.78 bits per heavy atom. The Morgan fingerprint density at radius 2 is 2.06 bits per heavy atom. The van der Waals surface area contributed by atoms with Crippen molar-refractivity contribution in [1.82, 2.24) is 0 Å². The summed E-state index contributed by atoms with van der Waals surface area (Å²) in [5.74, 6) is 0. The summed E-state index contributed by atoms with van der Waals surface area (Å²) in [5.41, 5.74) is 9.81. The fourth-order valence-corrected chi connectivity index (χ4v) is 2.62. The van der Waals surface area contributed by atoms with E-state index in [1.54, 1.807) is 0 Å². The molecule has 0 bridgehead atoms. The second-order valence-corrected chi connectivity index (χ2v) is 5.08. The van der Waals surface area contributed by atoms with E-state index in [0.717, 1.165) is 39.0 Å². The Kier molecular flexibility index (Phi) is 4.48.